The highest BCUT2D eigenvalue weighted by molar-refractivity contribution is 5.84. The molecule has 0 saturated carbocycles. The molecule has 0 fully saturated rings. The molecule has 0 heterocycles. The molecule has 1 unspecified atom stereocenters. The van der Waals surface area contributed by atoms with Crippen LogP contribution in [0.25, 0.3) is 0 Å². The maximum Gasteiger partial charge on any atom is 0.416 e. The molecule has 0 spiro atoms. The van der Waals surface area contributed by atoms with E-state index >= 15 is 0 Å². The summed E-state index contributed by atoms with van der Waals surface area (Å²) in [4.78, 5) is 11.7. The monoisotopic (exact) mass is 288 g/mol. The number of aryl methyl sites for hydroxylation is 1. The van der Waals surface area contributed by atoms with Gasteiger partial charge in [0.15, 0.2) is 0 Å². The molecule has 112 valence electrons. The summed E-state index contributed by atoms with van der Waals surface area (Å²) < 4.78 is 38.4. The molecule has 0 saturated heterocycles. The van der Waals surface area contributed by atoms with Crippen molar-refractivity contribution in [2.24, 2.45) is 0 Å². The van der Waals surface area contributed by atoms with Gasteiger partial charge in [-0.05, 0) is 38.0 Å². The van der Waals surface area contributed by atoms with Crippen LogP contribution in [0, 0.1) is 6.92 Å². The van der Waals surface area contributed by atoms with E-state index in [2.05, 4.69) is 10.6 Å². The molecule has 1 rings (SSSR count). The molecule has 2 N–H and O–H groups in total. The highest BCUT2D eigenvalue weighted by atomic mass is 19.4. The van der Waals surface area contributed by atoms with Crippen LogP contribution in [0.5, 0.6) is 0 Å². The zero-order valence-electron chi connectivity index (χ0n) is 11.8. The maximum atomic E-state index is 12.8. The molecular weight excluding hydrogens is 269 g/mol. The molecule has 1 aromatic rings. The highest BCUT2D eigenvalue weighted by Gasteiger charge is 2.32. The highest BCUT2D eigenvalue weighted by Crippen LogP contribution is 2.33. The van der Waals surface area contributed by atoms with Crippen LogP contribution in [0.1, 0.15) is 31.4 Å². The third-order valence-corrected chi connectivity index (χ3v) is 2.87. The van der Waals surface area contributed by atoms with E-state index in [1.165, 1.54) is 19.1 Å². The Labute approximate surface area is 116 Å². The van der Waals surface area contributed by atoms with E-state index in [9.17, 15) is 18.0 Å². The van der Waals surface area contributed by atoms with Crippen molar-refractivity contribution in [2.75, 3.05) is 11.9 Å². The lowest BCUT2D eigenvalue weighted by Gasteiger charge is -2.17. The first-order valence-corrected chi connectivity index (χ1v) is 6.47. The van der Waals surface area contributed by atoms with E-state index in [0.29, 0.717) is 6.54 Å². The number of amides is 1. The summed E-state index contributed by atoms with van der Waals surface area (Å²) in [7, 11) is 0. The second kappa shape index (κ2) is 6.63. The van der Waals surface area contributed by atoms with Gasteiger partial charge in [0.05, 0.1) is 5.56 Å². The smallest absolute Gasteiger partial charge is 0.374 e. The minimum atomic E-state index is -4.39. The summed E-state index contributed by atoms with van der Waals surface area (Å²) >= 11 is 0. The Kier molecular flexibility index (Phi) is 5.42. The van der Waals surface area contributed by atoms with Crippen LogP contribution in [0.2, 0.25) is 0 Å². The second-order valence-corrected chi connectivity index (χ2v) is 4.68. The van der Waals surface area contributed by atoms with Crippen molar-refractivity contribution in [3.05, 3.63) is 29.3 Å². The standard InChI is InChI=1S/C14H19F3N2O/c1-4-7-18-13(20)10(3)19-11-6-5-9(2)12(8-11)14(15,16)17/h5-6,8,10,19H,4,7H2,1-3H3,(H,18,20). The zero-order chi connectivity index (χ0) is 15.3. The fourth-order valence-corrected chi connectivity index (χ4v) is 1.73. The number of alkyl halides is 3. The van der Waals surface area contributed by atoms with E-state index in [1.807, 2.05) is 6.92 Å². The number of nitrogens with one attached hydrogen (secondary N) is 2. The zero-order valence-corrected chi connectivity index (χ0v) is 11.8. The van der Waals surface area contributed by atoms with Crippen molar-refractivity contribution in [3.8, 4) is 0 Å². The lowest BCUT2D eigenvalue weighted by molar-refractivity contribution is -0.138. The van der Waals surface area contributed by atoms with Crippen molar-refractivity contribution in [3.63, 3.8) is 0 Å². The Hall–Kier alpha value is -1.72. The van der Waals surface area contributed by atoms with Crippen LogP contribution in [-0.4, -0.2) is 18.5 Å². The van der Waals surface area contributed by atoms with Crippen LogP contribution in [0.3, 0.4) is 0 Å². The van der Waals surface area contributed by atoms with Crippen molar-refractivity contribution < 1.29 is 18.0 Å². The third kappa shape index (κ3) is 4.43. The Bertz CT molecular complexity index is 472. The predicted molar refractivity (Wildman–Crippen MR) is 72.6 cm³/mol. The molecule has 0 aliphatic carbocycles. The Morgan fingerprint density at radius 3 is 2.55 bits per heavy atom. The molecule has 0 radical (unpaired) electrons. The summed E-state index contributed by atoms with van der Waals surface area (Å²) in [5.74, 6) is -0.235. The number of anilines is 1. The third-order valence-electron chi connectivity index (χ3n) is 2.87. The molecule has 0 aliphatic heterocycles. The van der Waals surface area contributed by atoms with E-state index in [1.54, 1.807) is 6.92 Å². The van der Waals surface area contributed by atoms with Gasteiger partial charge in [0, 0.05) is 12.2 Å². The van der Waals surface area contributed by atoms with E-state index in [0.717, 1.165) is 12.5 Å². The van der Waals surface area contributed by atoms with Gasteiger partial charge in [-0.1, -0.05) is 13.0 Å². The molecular formula is C14H19F3N2O. The van der Waals surface area contributed by atoms with Crippen LogP contribution < -0.4 is 10.6 Å². The van der Waals surface area contributed by atoms with E-state index < -0.39 is 17.8 Å². The number of carbonyl (C=O) groups excluding carboxylic acids is 1. The normalized spacial score (nSPS) is 12.9. The van der Waals surface area contributed by atoms with Crippen LogP contribution in [-0.2, 0) is 11.0 Å². The fraction of sp³-hybridized carbons (Fsp3) is 0.500. The molecule has 6 heteroatoms. The van der Waals surface area contributed by atoms with Crippen molar-refractivity contribution in [1.29, 1.82) is 0 Å². The van der Waals surface area contributed by atoms with Crippen LogP contribution in [0.15, 0.2) is 18.2 Å². The van der Waals surface area contributed by atoms with Crippen LogP contribution in [0.4, 0.5) is 18.9 Å². The molecule has 1 aromatic carbocycles. The van der Waals surface area contributed by atoms with Crippen LogP contribution >= 0.6 is 0 Å². The number of halogens is 3. The lowest BCUT2D eigenvalue weighted by Crippen LogP contribution is -2.37. The van der Waals surface area contributed by atoms with Gasteiger partial charge in [-0.25, -0.2) is 0 Å². The number of hydrogen-bond acceptors (Lipinski definition) is 2. The quantitative estimate of drug-likeness (QED) is 0.872. The van der Waals surface area contributed by atoms with Gasteiger partial charge in [-0.15, -0.1) is 0 Å². The molecule has 1 amide bonds. The Morgan fingerprint density at radius 1 is 1.35 bits per heavy atom. The van der Waals surface area contributed by atoms with E-state index in [4.69, 9.17) is 0 Å². The molecule has 0 aromatic heterocycles. The van der Waals surface area contributed by atoms with Gasteiger partial charge in [0.1, 0.15) is 6.04 Å². The first-order chi connectivity index (χ1) is 9.25. The summed E-state index contributed by atoms with van der Waals surface area (Å²) in [5.41, 5.74) is -0.253. The minimum Gasteiger partial charge on any atom is -0.374 e. The average Bonchev–Trinajstić information content (AvgIpc) is 2.36. The Balaban J connectivity index is 2.81. The van der Waals surface area contributed by atoms with E-state index in [-0.39, 0.29) is 17.2 Å². The molecule has 0 aliphatic rings. The van der Waals surface area contributed by atoms with Gasteiger partial charge < -0.3 is 10.6 Å². The van der Waals surface area contributed by atoms with Crippen molar-refractivity contribution >= 4 is 11.6 Å². The number of rotatable bonds is 5. The SMILES string of the molecule is CCCNC(=O)C(C)Nc1ccc(C)c(C(F)(F)F)c1. The molecule has 0 bridgehead atoms. The van der Waals surface area contributed by atoms with Gasteiger partial charge in [0.25, 0.3) is 0 Å². The number of hydrogen-bond donors (Lipinski definition) is 2. The molecule has 3 nitrogen and oxygen atoms in total. The van der Waals surface area contributed by atoms with Crippen molar-refractivity contribution in [1.82, 2.24) is 5.32 Å². The largest absolute Gasteiger partial charge is 0.416 e. The summed E-state index contributed by atoms with van der Waals surface area (Å²) in [6.07, 6.45) is -3.59. The fourth-order valence-electron chi connectivity index (χ4n) is 1.73. The topological polar surface area (TPSA) is 41.1 Å². The predicted octanol–water partition coefficient (Wildman–Crippen LogP) is 3.34. The molecule has 20 heavy (non-hydrogen) atoms. The van der Waals surface area contributed by atoms with Crippen molar-refractivity contribution in [2.45, 2.75) is 39.4 Å². The summed E-state index contributed by atoms with van der Waals surface area (Å²) in [6.45, 7) is 5.49. The van der Waals surface area contributed by atoms with Gasteiger partial charge in [0.2, 0.25) is 5.91 Å². The first kappa shape index (κ1) is 16.3. The van der Waals surface area contributed by atoms with Gasteiger partial charge in [-0.2, -0.15) is 13.2 Å². The minimum absolute atomic E-state index is 0.158. The average molecular weight is 288 g/mol. The summed E-state index contributed by atoms with van der Waals surface area (Å²) in [5, 5.41) is 5.46. The number of carbonyl (C=O) groups is 1. The lowest BCUT2D eigenvalue weighted by atomic mass is 10.1. The molecule has 1 atom stereocenters. The maximum absolute atomic E-state index is 12.8. The first-order valence-electron chi connectivity index (χ1n) is 6.47. The second-order valence-electron chi connectivity index (χ2n) is 4.68. The summed E-state index contributed by atoms with van der Waals surface area (Å²) in [6, 6.07) is 3.36. The van der Waals surface area contributed by atoms with Gasteiger partial charge >= 0.3 is 6.18 Å². The number of benzene rings is 1. The van der Waals surface area contributed by atoms with Gasteiger partial charge in [-0.3, -0.25) is 4.79 Å². The Morgan fingerprint density at radius 2 is 2.00 bits per heavy atom.